The molecule has 6 nitrogen and oxygen atoms in total. The van der Waals surface area contributed by atoms with Crippen molar-refractivity contribution in [1.29, 1.82) is 0 Å². The first-order chi connectivity index (χ1) is 11.5. The van der Waals surface area contributed by atoms with Crippen LogP contribution in [0.2, 0.25) is 0 Å². The number of halogens is 1. The number of nitrogens with zero attached hydrogens (tertiary/aromatic N) is 1. The summed E-state index contributed by atoms with van der Waals surface area (Å²) in [6.07, 6.45) is 1.29. The van der Waals surface area contributed by atoms with E-state index in [1.54, 1.807) is 7.11 Å². The lowest BCUT2D eigenvalue weighted by Gasteiger charge is -2.12. The average molecular weight is 462 g/mol. The molecule has 1 aromatic carbocycles. The fourth-order valence-corrected chi connectivity index (χ4v) is 2.12. The third-order valence-electron chi connectivity index (χ3n) is 3.27. The average Bonchev–Trinajstić information content (AvgIpc) is 2.54. The van der Waals surface area contributed by atoms with Crippen molar-refractivity contribution in [2.45, 2.75) is 39.7 Å². The zero-order chi connectivity index (χ0) is 17.8. The lowest BCUT2D eigenvalue weighted by atomic mass is 10.1. The third-order valence-corrected chi connectivity index (χ3v) is 3.27. The Bertz CT molecular complexity index is 518. The van der Waals surface area contributed by atoms with E-state index in [0.29, 0.717) is 13.0 Å². The van der Waals surface area contributed by atoms with Crippen LogP contribution in [0, 0.1) is 0 Å². The van der Waals surface area contributed by atoms with Gasteiger partial charge in [0, 0.05) is 25.6 Å². The van der Waals surface area contributed by atoms with Crippen LogP contribution in [0.4, 0.5) is 0 Å². The van der Waals surface area contributed by atoms with Crippen LogP contribution in [0.5, 0.6) is 5.75 Å². The number of carbonyl (C=O) groups excluding carboxylic acids is 1. The smallest absolute Gasteiger partial charge is 0.222 e. The summed E-state index contributed by atoms with van der Waals surface area (Å²) in [5.41, 5.74) is 1.23. The van der Waals surface area contributed by atoms with Gasteiger partial charge in [0.1, 0.15) is 5.75 Å². The van der Waals surface area contributed by atoms with Gasteiger partial charge in [-0.3, -0.25) is 9.79 Å². The molecule has 0 aliphatic rings. The Balaban J connectivity index is 0.00000576. The molecular weight excluding hydrogens is 431 g/mol. The highest BCUT2D eigenvalue weighted by Crippen LogP contribution is 2.11. The Morgan fingerprint density at radius 2 is 1.88 bits per heavy atom. The number of methoxy groups -OCH3 is 1. The molecule has 0 bridgehead atoms. The van der Waals surface area contributed by atoms with Crippen LogP contribution in [0.15, 0.2) is 29.3 Å². The maximum atomic E-state index is 11.6. The summed E-state index contributed by atoms with van der Waals surface area (Å²) in [4.78, 5) is 16.0. The van der Waals surface area contributed by atoms with E-state index in [9.17, 15) is 4.79 Å². The molecule has 142 valence electrons. The zero-order valence-electron chi connectivity index (χ0n) is 15.6. The van der Waals surface area contributed by atoms with Gasteiger partial charge >= 0.3 is 0 Å². The van der Waals surface area contributed by atoms with Crippen LogP contribution >= 0.6 is 24.0 Å². The van der Waals surface area contributed by atoms with Gasteiger partial charge in [0.15, 0.2) is 5.96 Å². The topological polar surface area (TPSA) is 74.8 Å². The SMILES string of the molecule is CCNC(=NCCC(=O)NC(C)C)NCCc1ccc(OC)cc1.I. The van der Waals surface area contributed by atoms with E-state index in [0.717, 1.165) is 31.2 Å². The summed E-state index contributed by atoms with van der Waals surface area (Å²) in [6, 6.07) is 8.20. The molecule has 1 amide bonds. The van der Waals surface area contributed by atoms with Crippen molar-refractivity contribution < 1.29 is 9.53 Å². The molecule has 0 heterocycles. The van der Waals surface area contributed by atoms with Gasteiger partial charge in [-0.1, -0.05) is 12.1 Å². The standard InChI is InChI=1S/C18H30N4O2.HI/c1-5-19-18(21-13-11-17(23)22-14(2)3)20-12-10-15-6-8-16(24-4)9-7-15;/h6-9,14H,5,10-13H2,1-4H3,(H,22,23)(H2,19,20,21);1H. The fraction of sp³-hybridized carbons (Fsp3) is 0.556. The van der Waals surface area contributed by atoms with Crippen LogP contribution in [-0.2, 0) is 11.2 Å². The highest BCUT2D eigenvalue weighted by molar-refractivity contribution is 14.0. The highest BCUT2D eigenvalue weighted by atomic mass is 127. The molecule has 0 saturated heterocycles. The van der Waals surface area contributed by atoms with Gasteiger partial charge in [-0.25, -0.2) is 0 Å². The Labute approximate surface area is 168 Å². The van der Waals surface area contributed by atoms with E-state index in [1.165, 1.54) is 5.56 Å². The Kier molecular flexibility index (Phi) is 12.9. The van der Waals surface area contributed by atoms with E-state index in [-0.39, 0.29) is 35.9 Å². The molecule has 25 heavy (non-hydrogen) atoms. The minimum atomic E-state index is 0. The number of hydrogen-bond donors (Lipinski definition) is 3. The predicted octanol–water partition coefficient (Wildman–Crippen LogP) is 2.33. The Morgan fingerprint density at radius 1 is 1.20 bits per heavy atom. The lowest BCUT2D eigenvalue weighted by Crippen LogP contribution is -2.38. The van der Waals surface area contributed by atoms with Crippen molar-refractivity contribution in [2.75, 3.05) is 26.7 Å². The molecule has 0 atom stereocenters. The molecular formula is C18H31IN4O2. The third kappa shape index (κ3) is 10.9. The number of hydrogen-bond acceptors (Lipinski definition) is 3. The number of ether oxygens (including phenoxy) is 1. The number of benzene rings is 1. The van der Waals surface area contributed by atoms with Gasteiger partial charge in [0.25, 0.3) is 0 Å². The van der Waals surface area contributed by atoms with Crippen molar-refractivity contribution in [3.05, 3.63) is 29.8 Å². The maximum Gasteiger partial charge on any atom is 0.222 e. The second kappa shape index (κ2) is 13.7. The maximum absolute atomic E-state index is 11.6. The molecule has 0 saturated carbocycles. The van der Waals surface area contributed by atoms with Crippen LogP contribution in [0.3, 0.4) is 0 Å². The van der Waals surface area contributed by atoms with Gasteiger partial charge in [0.2, 0.25) is 5.91 Å². The minimum Gasteiger partial charge on any atom is -0.497 e. The summed E-state index contributed by atoms with van der Waals surface area (Å²) in [5.74, 6) is 1.63. The summed E-state index contributed by atoms with van der Waals surface area (Å²) >= 11 is 0. The van der Waals surface area contributed by atoms with E-state index < -0.39 is 0 Å². The number of amides is 1. The van der Waals surface area contributed by atoms with Crippen molar-refractivity contribution in [2.24, 2.45) is 4.99 Å². The molecule has 0 aliphatic carbocycles. The Morgan fingerprint density at radius 3 is 2.44 bits per heavy atom. The minimum absolute atomic E-state index is 0. The second-order valence-electron chi connectivity index (χ2n) is 5.76. The van der Waals surface area contributed by atoms with Crippen LogP contribution in [0.1, 0.15) is 32.8 Å². The van der Waals surface area contributed by atoms with Gasteiger partial charge in [-0.2, -0.15) is 0 Å². The van der Waals surface area contributed by atoms with Gasteiger partial charge < -0.3 is 20.7 Å². The molecule has 1 aromatic rings. The second-order valence-corrected chi connectivity index (χ2v) is 5.76. The van der Waals surface area contributed by atoms with Crippen LogP contribution in [0.25, 0.3) is 0 Å². The largest absolute Gasteiger partial charge is 0.497 e. The predicted molar refractivity (Wildman–Crippen MR) is 114 cm³/mol. The molecule has 0 spiro atoms. The molecule has 0 radical (unpaired) electrons. The lowest BCUT2D eigenvalue weighted by molar-refractivity contribution is -0.121. The molecule has 0 fully saturated rings. The number of guanidine groups is 1. The number of rotatable bonds is 9. The van der Waals surface area contributed by atoms with Crippen molar-refractivity contribution in [3.63, 3.8) is 0 Å². The first kappa shape index (κ1) is 23.5. The molecule has 7 heteroatoms. The quantitative estimate of drug-likeness (QED) is 0.299. The van der Waals surface area contributed by atoms with E-state index >= 15 is 0 Å². The van der Waals surface area contributed by atoms with E-state index in [4.69, 9.17) is 4.74 Å². The summed E-state index contributed by atoms with van der Waals surface area (Å²) < 4.78 is 5.15. The molecule has 0 aromatic heterocycles. The Hall–Kier alpha value is -1.51. The molecule has 1 rings (SSSR count). The highest BCUT2D eigenvalue weighted by Gasteiger charge is 2.03. The monoisotopic (exact) mass is 462 g/mol. The number of nitrogens with one attached hydrogen (secondary N) is 3. The van der Waals surface area contributed by atoms with E-state index in [2.05, 4.69) is 33.1 Å². The zero-order valence-corrected chi connectivity index (χ0v) is 17.9. The summed E-state index contributed by atoms with van der Waals surface area (Å²) in [5, 5.41) is 9.34. The van der Waals surface area contributed by atoms with Crippen molar-refractivity contribution in [3.8, 4) is 5.75 Å². The number of carbonyl (C=O) groups is 1. The first-order valence-electron chi connectivity index (χ1n) is 8.49. The van der Waals surface area contributed by atoms with Crippen LogP contribution < -0.4 is 20.7 Å². The van der Waals surface area contributed by atoms with Gasteiger partial charge in [0.05, 0.1) is 13.7 Å². The van der Waals surface area contributed by atoms with Crippen LogP contribution in [-0.4, -0.2) is 44.7 Å². The molecule has 0 aliphatic heterocycles. The fourth-order valence-electron chi connectivity index (χ4n) is 2.12. The van der Waals surface area contributed by atoms with Gasteiger partial charge in [-0.15, -0.1) is 24.0 Å². The van der Waals surface area contributed by atoms with Gasteiger partial charge in [-0.05, 0) is 44.9 Å². The molecule has 0 unspecified atom stereocenters. The summed E-state index contributed by atoms with van der Waals surface area (Å²) in [7, 11) is 1.66. The normalized spacial score (nSPS) is 10.8. The van der Waals surface area contributed by atoms with E-state index in [1.807, 2.05) is 32.9 Å². The number of aliphatic imine (C=N–C) groups is 1. The van der Waals surface area contributed by atoms with Crippen molar-refractivity contribution in [1.82, 2.24) is 16.0 Å². The first-order valence-corrected chi connectivity index (χ1v) is 8.49. The molecule has 3 N–H and O–H groups in total. The summed E-state index contributed by atoms with van der Waals surface area (Å²) in [6.45, 7) is 7.95. The van der Waals surface area contributed by atoms with Crippen molar-refractivity contribution >= 4 is 35.8 Å².